The van der Waals surface area contributed by atoms with E-state index in [2.05, 4.69) is 20.6 Å². The number of aliphatic hydroxyl groups is 1. The van der Waals surface area contributed by atoms with Crippen LogP contribution in [0.4, 0.5) is 0 Å². The van der Waals surface area contributed by atoms with Crippen LogP contribution in [0.1, 0.15) is 15.9 Å². The van der Waals surface area contributed by atoms with Gasteiger partial charge in [-0.3, -0.25) is 0 Å². The predicted octanol–water partition coefficient (Wildman–Crippen LogP) is 3.91. The molecule has 4 aromatic carbocycles. The van der Waals surface area contributed by atoms with Gasteiger partial charge in [0.15, 0.2) is 0 Å². The number of aromatic hydroxyl groups is 2. The fourth-order valence-corrected chi connectivity index (χ4v) is 4.51. The molecule has 0 saturated heterocycles. The summed E-state index contributed by atoms with van der Waals surface area (Å²) in [4.78, 5) is 11.3. The minimum Gasteiger partial charge on any atom is -0.508 e. The number of carboxylic acids is 1. The number of hydrogen-bond donors (Lipinski definition) is 4. The lowest BCUT2D eigenvalue weighted by atomic mass is 9.97. The Kier molecular flexibility index (Phi) is 6.59. The number of carboxylic acid groups (broad SMARTS) is 1. The fraction of sp³-hybridized carbons (Fsp3) is 0.0690. The van der Waals surface area contributed by atoms with Gasteiger partial charge in [0.25, 0.3) is 0 Å². The first-order valence-electron chi connectivity index (χ1n) is 12.4. The van der Waals surface area contributed by atoms with Crippen molar-refractivity contribution in [1.29, 1.82) is 0 Å². The van der Waals surface area contributed by atoms with Gasteiger partial charge in [0, 0.05) is 28.8 Å². The van der Waals surface area contributed by atoms with Gasteiger partial charge in [-0.05, 0) is 41.1 Å². The first kappa shape index (κ1) is 25.7. The van der Waals surface area contributed by atoms with Gasteiger partial charge in [-0.2, -0.15) is 0 Å². The van der Waals surface area contributed by atoms with E-state index in [0.717, 1.165) is 21.9 Å². The predicted molar refractivity (Wildman–Crippen MR) is 147 cm³/mol. The van der Waals surface area contributed by atoms with Gasteiger partial charge in [0.05, 0.1) is 30.4 Å². The number of aliphatic hydroxyl groups excluding tert-OH is 1. The Morgan fingerprint density at radius 3 is 1.83 bits per heavy atom. The molecule has 0 radical (unpaired) electrons. The van der Waals surface area contributed by atoms with Gasteiger partial charge in [-0.15, -0.1) is 10.2 Å². The molecule has 12 heteroatoms. The Balaban J connectivity index is 1.40. The first-order chi connectivity index (χ1) is 19.9. The van der Waals surface area contributed by atoms with Crippen molar-refractivity contribution < 1.29 is 30.0 Å². The molecule has 2 heterocycles. The summed E-state index contributed by atoms with van der Waals surface area (Å²) in [7, 11) is 0. The lowest BCUT2D eigenvalue weighted by molar-refractivity contribution is -0.0118. The number of fused-ring (bicyclic) bond motifs is 1. The lowest BCUT2D eigenvalue weighted by Crippen LogP contribution is -1.99. The highest BCUT2D eigenvalue weighted by Crippen LogP contribution is 2.35. The largest absolute Gasteiger partial charge is 0.508 e. The number of phenolic OH excluding ortho intramolecular Hbond substituents is 1. The SMILES string of the molecule is O=C(O)c1ccc(-n2cc(-c3cc4ccccc4cc3-c3cn(-c4ccc(COCO)c(O)c4)nn3)nn2)cc1O. The van der Waals surface area contributed by atoms with Crippen molar-refractivity contribution in [2.45, 2.75) is 6.61 Å². The lowest BCUT2D eigenvalue weighted by Gasteiger charge is -2.08. The molecule has 0 fully saturated rings. The van der Waals surface area contributed by atoms with Crippen molar-refractivity contribution in [3.8, 4) is 45.4 Å². The molecule has 0 unspecified atom stereocenters. The molecule has 4 N–H and O–H groups in total. The third-order valence-electron chi connectivity index (χ3n) is 6.58. The molecule has 6 rings (SSSR count). The second-order valence-electron chi connectivity index (χ2n) is 9.14. The highest BCUT2D eigenvalue weighted by atomic mass is 16.6. The molecule has 204 valence electrons. The number of ether oxygens (including phenoxy) is 1. The molecular weight excluding hydrogens is 528 g/mol. The van der Waals surface area contributed by atoms with E-state index in [0.29, 0.717) is 28.3 Å². The molecule has 0 saturated carbocycles. The summed E-state index contributed by atoms with van der Waals surface area (Å²) in [6.07, 6.45) is 3.41. The molecule has 0 atom stereocenters. The standard InChI is InChI=1S/C29H22N6O6/c36-16-41-15-19-5-6-20(11-27(19)37)34-13-25(30-32-34)23-9-17-3-1-2-4-18(17)10-24(23)26-14-35(33-31-26)21-7-8-22(29(39)40)28(38)12-21/h1-14,36-38H,15-16H2,(H,39,40). The highest BCUT2D eigenvalue weighted by molar-refractivity contribution is 5.95. The molecule has 0 amide bonds. The first-order valence-corrected chi connectivity index (χ1v) is 12.4. The Labute approximate surface area is 231 Å². The van der Waals surface area contributed by atoms with Gasteiger partial charge < -0.3 is 25.2 Å². The molecule has 0 aliphatic heterocycles. The minimum atomic E-state index is -1.23. The number of benzene rings is 4. The average molecular weight is 551 g/mol. The van der Waals surface area contributed by atoms with Crippen LogP contribution in [-0.4, -0.2) is 63.2 Å². The van der Waals surface area contributed by atoms with E-state index in [1.807, 2.05) is 36.4 Å². The number of nitrogens with zero attached hydrogens (tertiary/aromatic N) is 6. The molecule has 0 aliphatic rings. The van der Waals surface area contributed by atoms with Crippen molar-refractivity contribution in [3.63, 3.8) is 0 Å². The summed E-state index contributed by atoms with van der Waals surface area (Å²) >= 11 is 0. The Morgan fingerprint density at radius 1 is 0.756 bits per heavy atom. The van der Waals surface area contributed by atoms with E-state index in [9.17, 15) is 20.1 Å². The van der Waals surface area contributed by atoms with E-state index >= 15 is 0 Å². The van der Waals surface area contributed by atoms with Crippen molar-refractivity contribution >= 4 is 16.7 Å². The van der Waals surface area contributed by atoms with Gasteiger partial charge in [0.1, 0.15) is 35.2 Å². The van der Waals surface area contributed by atoms with Crippen molar-refractivity contribution in [3.05, 3.63) is 96.3 Å². The zero-order valence-corrected chi connectivity index (χ0v) is 21.3. The van der Waals surface area contributed by atoms with Crippen LogP contribution in [0, 0.1) is 0 Å². The third-order valence-corrected chi connectivity index (χ3v) is 6.58. The third kappa shape index (κ3) is 4.95. The zero-order valence-electron chi connectivity index (χ0n) is 21.3. The summed E-state index contributed by atoms with van der Waals surface area (Å²) in [6.45, 7) is -0.384. The number of rotatable bonds is 8. The van der Waals surface area contributed by atoms with Crippen LogP contribution in [0.2, 0.25) is 0 Å². The molecule has 41 heavy (non-hydrogen) atoms. The normalized spacial score (nSPS) is 11.2. The van der Waals surface area contributed by atoms with Crippen molar-refractivity contribution in [2.75, 3.05) is 6.79 Å². The van der Waals surface area contributed by atoms with Crippen LogP contribution in [0.5, 0.6) is 11.5 Å². The van der Waals surface area contributed by atoms with Crippen LogP contribution in [0.3, 0.4) is 0 Å². The average Bonchev–Trinajstić information content (AvgIpc) is 3.66. The summed E-state index contributed by atoms with van der Waals surface area (Å²) in [6, 6.07) is 20.9. The molecule has 0 bridgehead atoms. The van der Waals surface area contributed by atoms with E-state index in [1.54, 1.807) is 24.5 Å². The molecule has 6 aromatic rings. The second-order valence-corrected chi connectivity index (χ2v) is 9.14. The van der Waals surface area contributed by atoms with Crippen LogP contribution < -0.4 is 0 Å². The number of aromatic nitrogens is 6. The Morgan fingerprint density at radius 2 is 1.32 bits per heavy atom. The topological polar surface area (TPSA) is 169 Å². The molecule has 12 nitrogen and oxygen atoms in total. The second kappa shape index (κ2) is 10.5. The summed E-state index contributed by atoms with van der Waals surface area (Å²) in [5.41, 5.74) is 3.86. The monoisotopic (exact) mass is 550 g/mol. The van der Waals surface area contributed by atoms with Crippen LogP contribution in [-0.2, 0) is 11.3 Å². The van der Waals surface area contributed by atoms with Crippen molar-refractivity contribution in [2.24, 2.45) is 0 Å². The van der Waals surface area contributed by atoms with Crippen molar-refractivity contribution in [1.82, 2.24) is 30.0 Å². The van der Waals surface area contributed by atoms with E-state index in [4.69, 9.17) is 9.84 Å². The zero-order chi connectivity index (χ0) is 28.5. The van der Waals surface area contributed by atoms with E-state index in [1.165, 1.54) is 33.6 Å². The van der Waals surface area contributed by atoms with Gasteiger partial charge in [-0.25, -0.2) is 14.2 Å². The fourth-order valence-electron chi connectivity index (χ4n) is 4.51. The van der Waals surface area contributed by atoms with Gasteiger partial charge >= 0.3 is 5.97 Å². The van der Waals surface area contributed by atoms with Gasteiger partial charge in [-0.1, -0.05) is 40.8 Å². The van der Waals surface area contributed by atoms with E-state index < -0.39 is 12.8 Å². The number of hydrogen-bond acceptors (Lipinski definition) is 9. The van der Waals surface area contributed by atoms with Crippen LogP contribution in [0.15, 0.2) is 85.2 Å². The highest BCUT2D eigenvalue weighted by Gasteiger charge is 2.18. The van der Waals surface area contributed by atoms with E-state index in [-0.39, 0.29) is 23.7 Å². The Bertz CT molecular complexity index is 1910. The maximum Gasteiger partial charge on any atom is 0.339 e. The van der Waals surface area contributed by atoms with Gasteiger partial charge in [0.2, 0.25) is 0 Å². The number of carbonyl (C=O) groups is 1. The number of aromatic carboxylic acids is 1. The molecular formula is C29H22N6O6. The summed E-state index contributed by atoms with van der Waals surface area (Å²) in [5.74, 6) is -1.61. The van der Waals surface area contributed by atoms with Crippen LogP contribution >= 0.6 is 0 Å². The molecule has 0 spiro atoms. The number of phenols is 2. The Hall–Kier alpha value is -5.59. The van der Waals surface area contributed by atoms with Crippen LogP contribution in [0.25, 0.3) is 44.7 Å². The maximum absolute atomic E-state index is 11.3. The summed E-state index contributed by atoms with van der Waals surface area (Å²) in [5, 5.41) is 57.7. The minimum absolute atomic E-state index is 0.00145. The molecule has 0 aliphatic carbocycles. The summed E-state index contributed by atoms with van der Waals surface area (Å²) < 4.78 is 7.94. The maximum atomic E-state index is 11.3. The smallest absolute Gasteiger partial charge is 0.339 e. The molecule has 2 aromatic heterocycles. The quantitative estimate of drug-likeness (QED) is 0.204.